The van der Waals surface area contributed by atoms with Crippen molar-refractivity contribution in [1.29, 1.82) is 0 Å². The Labute approximate surface area is 212 Å². The zero-order chi connectivity index (χ0) is 25.2. The third-order valence-electron chi connectivity index (χ3n) is 6.29. The summed E-state index contributed by atoms with van der Waals surface area (Å²) in [7, 11) is -3.25. The second-order valence-electron chi connectivity index (χ2n) is 9.26. The molecule has 0 aliphatic carbocycles. The van der Waals surface area contributed by atoms with Gasteiger partial charge >= 0.3 is 0 Å². The first-order valence-electron chi connectivity index (χ1n) is 11.7. The van der Waals surface area contributed by atoms with Crippen LogP contribution in [0.2, 0.25) is 5.02 Å². The van der Waals surface area contributed by atoms with Gasteiger partial charge in [0.15, 0.2) is 9.84 Å². The van der Waals surface area contributed by atoms with Crippen LogP contribution >= 0.6 is 11.6 Å². The molecule has 8 heteroatoms. The van der Waals surface area contributed by atoms with Crippen LogP contribution in [-0.2, 0) is 34.1 Å². The molecular formula is C27H30ClN3O3S. The minimum Gasteiger partial charge on any atom is -0.324 e. The summed E-state index contributed by atoms with van der Waals surface area (Å²) in [5.74, 6) is 0.262. The van der Waals surface area contributed by atoms with E-state index in [1.165, 1.54) is 5.56 Å². The molecule has 0 fully saturated rings. The Morgan fingerprint density at radius 3 is 2.40 bits per heavy atom. The lowest BCUT2D eigenvalue weighted by atomic mass is 9.99. The van der Waals surface area contributed by atoms with Gasteiger partial charge in [0.05, 0.1) is 40.7 Å². The Balaban J connectivity index is 1.44. The van der Waals surface area contributed by atoms with Crippen molar-refractivity contribution in [1.82, 2.24) is 9.88 Å². The molecule has 1 aliphatic heterocycles. The van der Waals surface area contributed by atoms with Gasteiger partial charge in [0, 0.05) is 18.1 Å². The maximum Gasteiger partial charge on any atom is 0.228 e. The van der Waals surface area contributed by atoms with Crippen LogP contribution in [0.1, 0.15) is 49.2 Å². The average molecular weight is 512 g/mol. The predicted octanol–water partition coefficient (Wildman–Crippen LogP) is 5.42. The van der Waals surface area contributed by atoms with Crippen molar-refractivity contribution in [2.45, 2.75) is 51.2 Å². The summed E-state index contributed by atoms with van der Waals surface area (Å²) in [6.07, 6.45) is 1.87. The summed E-state index contributed by atoms with van der Waals surface area (Å²) >= 11 is 6.04. The first kappa shape index (κ1) is 25.4. The van der Waals surface area contributed by atoms with E-state index in [9.17, 15) is 13.2 Å². The SMILES string of the molecule is CCS(=O)(=O)c1ccc(CC(=O)Nc2cnc3c(c2)CN(Cc2ccc(Cl)cc2)[C@H]3C(C)C)cc1. The normalized spacial score (nSPS) is 15.9. The van der Waals surface area contributed by atoms with Gasteiger partial charge in [-0.25, -0.2) is 8.42 Å². The fraction of sp³-hybridized carbons (Fsp3) is 0.333. The second-order valence-corrected chi connectivity index (χ2v) is 12.0. The molecule has 1 aliphatic rings. The average Bonchev–Trinajstić information content (AvgIpc) is 3.18. The lowest BCUT2D eigenvalue weighted by Crippen LogP contribution is -2.25. The number of fused-ring (bicyclic) bond motifs is 1. The zero-order valence-corrected chi connectivity index (χ0v) is 21.7. The smallest absolute Gasteiger partial charge is 0.228 e. The first-order chi connectivity index (χ1) is 16.7. The zero-order valence-electron chi connectivity index (χ0n) is 20.2. The van der Waals surface area contributed by atoms with Crippen LogP contribution in [0.25, 0.3) is 0 Å². The number of benzene rings is 2. The van der Waals surface area contributed by atoms with Crippen LogP contribution in [0.4, 0.5) is 5.69 Å². The van der Waals surface area contributed by atoms with Gasteiger partial charge in [-0.2, -0.15) is 0 Å². The van der Waals surface area contributed by atoms with E-state index in [0.717, 1.165) is 34.9 Å². The highest BCUT2D eigenvalue weighted by Gasteiger charge is 2.34. The van der Waals surface area contributed by atoms with E-state index in [2.05, 4.69) is 24.1 Å². The van der Waals surface area contributed by atoms with Crippen LogP contribution in [0, 0.1) is 5.92 Å². The van der Waals surface area contributed by atoms with Crippen LogP contribution < -0.4 is 5.32 Å². The number of pyridine rings is 1. The van der Waals surface area contributed by atoms with Crippen molar-refractivity contribution in [2.24, 2.45) is 5.92 Å². The molecule has 0 saturated heterocycles. The largest absolute Gasteiger partial charge is 0.324 e. The Morgan fingerprint density at radius 2 is 1.77 bits per heavy atom. The molecule has 2 aromatic carbocycles. The maximum atomic E-state index is 12.6. The van der Waals surface area contributed by atoms with Crippen molar-refractivity contribution < 1.29 is 13.2 Å². The molecule has 0 radical (unpaired) electrons. The molecule has 4 rings (SSSR count). The third kappa shape index (κ3) is 5.92. The molecule has 6 nitrogen and oxygen atoms in total. The molecule has 0 unspecified atom stereocenters. The highest BCUT2D eigenvalue weighted by atomic mass is 35.5. The van der Waals surface area contributed by atoms with Gasteiger partial charge in [0.25, 0.3) is 0 Å². The number of nitrogens with zero attached hydrogens (tertiary/aromatic N) is 2. The number of carbonyl (C=O) groups excluding carboxylic acids is 1. The number of amides is 1. The van der Waals surface area contributed by atoms with Gasteiger partial charge in [0.1, 0.15) is 0 Å². The van der Waals surface area contributed by atoms with Gasteiger partial charge in [-0.15, -0.1) is 0 Å². The number of sulfone groups is 1. The fourth-order valence-corrected chi connectivity index (χ4v) is 5.57. The van der Waals surface area contributed by atoms with Gasteiger partial charge < -0.3 is 5.32 Å². The number of hydrogen-bond donors (Lipinski definition) is 1. The van der Waals surface area contributed by atoms with E-state index < -0.39 is 9.84 Å². The van der Waals surface area contributed by atoms with Crippen molar-refractivity contribution in [3.05, 3.63) is 88.2 Å². The van der Waals surface area contributed by atoms with E-state index in [0.29, 0.717) is 11.6 Å². The molecule has 35 heavy (non-hydrogen) atoms. The van der Waals surface area contributed by atoms with E-state index in [1.54, 1.807) is 37.4 Å². The van der Waals surface area contributed by atoms with Crippen LogP contribution in [-0.4, -0.2) is 30.0 Å². The molecular weight excluding hydrogens is 482 g/mol. The molecule has 184 valence electrons. The maximum absolute atomic E-state index is 12.6. The summed E-state index contributed by atoms with van der Waals surface area (Å²) in [5.41, 5.74) is 4.78. The number of rotatable bonds is 8. The number of hydrogen-bond acceptors (Lipinski definition) is 5. The highest BCUT2D eigenvalue weighted by molar-refractivity contribution is 7.91. The minimum atomic E-state index is -3.25. The molecule has 1 amide bonds. The second kappa shape index (κ2) is 10.5. The van der Waals surface area contributed by atoms with Gasteiger partial charge in [-0.1, -0.05) is 56.6 Å². The number of carbonyl (C=O) groups is 1. The van der Waals surface area contributed by atoms with E-state index in [4.69, 9.17) is 16.6 Å². The van der Waals surface area contributed by atoms with E-state index in [1.807, 2.05) is 30.3 Å². The van der Waals surface area contributed by atoms with Crippen LogP contribution in [0.5, 0.6) is 0 Å². The number of halogens is 1. The lowest BCUT2D eigenvalue weighted by molar-refractivity contribution is -0.115. The Bertz CT molecular complexity index is 1310. The van der Waals surface area contributed by atoms with Crippen molar-refractivity contribution in [2.75, 3.05) is 11.1 Å². The summed E-state index contributed by atoms with van der Waals surface area (Å²) in [6.45, 7) is 7.56. The molecule has 1 N–H and O–H groups in total. The standard InChI is InChI=1S/C27H30ClN3O3S/c1-4-35(33,34)24-11-7-19(8-12-24)13-25(32)30-23-14-21-17-31(16-20-5-9-22(28)10-6-20)27(18(2)3)26(21)29-15-23/h5-12,14-15,18,27H,4,13,16-17H2,1-3H3,(H,30,32)/t27-/m0/s1. The topological polar surface area (TPSA) is 79.4 Å². The molecule has 3 aromatic rings. The fourth-order valence-electron chi connectivity index (χ4n) is 4.56. The third-order valence-corrected chi connectivity index (χ3v) is 8.29. The summed E-state index contributed by atoms with van der Waals surface area (Å²) < 4.78 is 24.0. The highest BCUT2D eigenvalue weighted by Crippen LogP contribution is 2.39. The molecule has 1 aromatic heterocycles. The number of nitrogens with one attached hydrogen (secondary N) is 1. The quantitative estimate of drug-likeness (QED) is 0.436. The predicted molar refractivity (Wildman–Crippen MR) is 139 cm³/mol. The Kier molecular flexibility index (Phi) is 7.59. The van der Waals surface area contributed by atoms with E-state index in [-0.39, 0.29) is 29.0 Å². The van der Waals surface area contributed by atoms with E-state index >= 15 is 0 Å². The minimum absolute atomic E-state index is 0.0486. The summed E-state index contributed by atoms with van der Waals surface area (Å²) in [4.78, 5) is 20.1. The summed E-state index contributed by atoms with van der Waals surface area (Å²) in [5, 5.41) is 3.66. The summed E-state index contributed by atoms with van der Waals surface area (Å²) in [6, 6.07) is 16.6. The molecule has 0 spiro atoms. The monoisotopic (exact) mass is 511 g/mol. The van der Waals surface area contributed by atoms with Crippen LogP contribution in [0.15, 0.2) is 65.7 Å². The number of anilines is 1. The first-order valence-corrected chi connectivity index (χ1v) is 13.8. The van der Waals surface area contributed by atoms with Crippen LogP contribution in [0.3, 0.4) is 0 Å². The van der Waals surface area contributed by atoms with Crippen molar-refractivity contribution >= 4 is 33.0 Å². The number of aromatic nitrogens is 1. The Morgan fingerprint density at radius 1 is 1.11 bits per heavy atom. The van der Waals surface area contributed by atoms with Crippen molar-refractivity contribution in [3.8, 4) is 0 Å². The van der Waals surface area contributed by atoms with Crippen molar-refractivity contribution in [3.63, 3.8) is 0 Å². The van der Waals surface area contributed by atoms with Gasteiger partial charge in [-0.05, 0) is 52.9 Å². The molecule has 0 bridgehead atoms. The van der Waals surface area contributed by atoms with Gasteiger partial charge in [-0.3, -0.25) is 14.7 Å². The molecule has 0 saturated carbocycles. The lowest BCUT2D eigenvalue weighted by Gasteiger charge is -2.27. The molecule has 1 atom stereocenters. The Hall–Kier alpha value is -2.74. The molecule has 2 heterocycles. The van der Waals surface area contributed by atoms with Gasteiger partial charge in [0.2, 0.25) is 5.91 Å².